The minimum atomic E-state index is 0.716. The van der Waals surface area contributed by atoms with E-state index in [-0.39, 0.29) is 0 Å². The van der Waals surface area contributed by atoms with E-state index in [2.05, 4.69) is 44.8 Å². The van der Waals surface area contributed by atoms with Crippen LogP contribution in [-0.4, -0.2) is 36.1 Å². The molecule has 1 aliphatic rings. The molecule has 0 spiro atoms. The van der Waals surface area contributed by atoms with E-state index in [1.54, 1.807) is 0 Å². The Morgan fingerprint density at radius 1 is 1.06 bits per heavy atom. The molecule has 1 rings (SSSR count). The van der Waals surface area contributed by atoms with Gasteiger partial charge in [-0.2, -0.15) is 0 Å². The third-order valence-corrected chi connectivity index (χ3v) is 4.61. The molecule has 2 nitrogen and oxygen atoms in total. The number of likely N-dealkylation sites (tertiary alicyclic amines) is 1. The average molecular weight is 254 g/mol. The Balaban J connectivity index is 2.29. The van der Waals surface area contributed by atoms with Crippen LogP contribution in [0.5, 0.6) is 0 Å². The minimum Gasteiger partial charge on any atom is -0.311 e. The fourth-order valence-electron chi connectivity index (χ4n) is 2.92. The predicted molar refractivity (Wildman–Crippen MR) is 81.0 cm³/mol. The second-order valence-corrected chi connectivity index (χ2v) is 6.42. The fourth-order valence-corrected chi connectivity index (χ4v) is 2.92. The molecule has 0 bridgehead atoms. The lowest BCUT2D eigenvalue weighted by atomic mass is 9.95. The van der Waals surface area contributed by atoms with Crippen LogP contribution in [0.2, 0.25) is 0 Å². The molecule has 1 heterocycles. The van der Waals surface area contributed by atoms with Crippen molar-refractivity contribution in [2.24, 2.45) is 5.92 Å². The number of nitrogens with one attached hydrogen (secondary N) is 1. The van der Waals surface area contributed by atoms with Gasteiger partial charge in [0.1, 0.15) is 0 Å². The highest BCUT2D eigenvalue weighted by molar-refractivity contribution is 4.82. The molecule has 0 aromatic rings. The maximum Gasteiger partial charge on any atom is 0.00940 e. The van der Waals surface area contributed by atoms with Crippen molar-refractivity contribution in [2.75, 3.05) is 13.1 Å². The Kier molecular flexibility index (Phi) is 7.25. The second kappa shape index (κ2) is 8.16. The SMILES string of the molecule is CCC(C)CC(CC)NC1CCN(C(C)C)CC1. The van der Waals surface area contributed by atoms with E-state index in [0.29, 0.717) is 6.04 Å². The van der Waals surface area contributed by atoms with Gasteiger partial charge >= 0.3 is 0 Å². The van der Waals surface area contributed by atoms with Gasteiger partial charge in [-0.1, -0.05) is 27.2 Å². The molecule has 0 saturated carbocycles. The molecule has 2 atom stereocenters. The lowest BCUT2D eigenvalue weighted by molar-refractivity contribution is 0.153. The first kappa shape index (κ1) is 16.0. The Labute approximate surface area is 115 Å². The van der Waals surface area contributed by atoms with Crippen LogP contribution in [0.25, 0.3) is 0 Å². The summed E-state index contributed by atoms with van der Waals surface area (Å²) in [7, 11) is 0. The Bertz CT molecular complexity index is 207. The van der Waals surface area contributed by atoms with Crippen molar-refractivity contribution < 1.29 is 0 Å². The van der Waals surface area contributed by atoms with Gasteiger partial charge in [0.25, 0.3) is 0 Å². The van der Waals surface area contributed by atoms with Crippen molar-refractivity contribution in [3.8, 4) is 0 Å². The molecule has 1 N–H and O–H groups in total. The van der Waals surface area contributed by atoms with Crippen LogP contribution in [-0.2, 0) is 0 Å². The summed E-state index contributed by atoms with van der Waals surface area (Å²) in [6, 6.07) is 2.21. The molecule has 2 heteroatoms. The van der Waals surface area contributed by atoms with E-state index in [9.17, 15) is 0 Å². The normalized spacial score (nSPS) is 22.3. The summed E-state index contributed by atoms with van der Waals surface area (Å²) in [6.07, 6.45) is 6.58. The summed E-state index contributed by atoms with van der Waals surface area (Å²) in [5.74, 6) is 0.859. The Morgan fingerprint density at radius 2 is 1.67 bits per heavy atom. The van der Waals surface area contributed by atoms with Crippen molar-refractivity contribution in [1.29, 1.82) is 0 Å². The van der Waals surface area contributed by atoms with Crippen LogP contribution in [0.1, 0.15) is 66.7 Å². The molecule has 0 aromatic carbocycles. The van der Waals surface area contributed by atoms with Crippen LogP contribution >= 0.6 is 0 Å². The average Bonchev–Trinajstić information content (AvgIpc) is 2.38. The number of hydrogen-bond acceptors (Lipinski definition) is 2. The van der Waals surface area contributed by atoms with Crippen molar-refractivity contribution in [2.45, 2.75) is 84.8 Å². The van der Waals surface area contributed by atoms with Gasteiger partial charge in [0.05, 0.1) is 0 Å². The van der Waals surface area contributed by atoms with Gasteiger partial charge in [0, 0.05) is 18.1 Å². The van der Waals surface area contributed by atoms with E-state index in [0.717, 1.165) is 18.0 Å². The second-order valence-electron chi connectivity index (χ2n) is 6.42. The summed E-state index contributed by atoms with van der Waals surface area (Å²) in [5.41, 5.74) is 0. The molecule has 108 valence electrons. The predicted octanol–water partition coefficient (Wildman–Crippen LogP) is 3.66. The summed E-state index contributed by atoms with van der Waals surface area (Å²) in [4.78, 5) is 2.60. The zero-order valence-electron chi connectivity index (χ0n) is 13.2. The van der Waals surface area contributed by atoms with Gasteiger partial charge in [-0.15, -0.1) is 0 Å². The molecular formula is C16H34N2. The highest BCUT2D eigenvalue weighted by Crippen LogP contribution is 2.17. The molecular weight excluding hydrogens is 220 g/mol. The lowest BCUT2D eigenvalue weighted by Gasteiger charge is -2.37. The van der Waals surface area contributed by atoms with Gasteiger partial charge in [-0.05, 0) is 58.5 Å². The van der Waals surface area contributed by atoms with Gasteiger partial charge in [-0.25, -0.2) is 0 Å². The number of piperidine rings is 1. The molecule has 1 saturated heterocycles. The van der Waals surface area contributed by atoms with Crippen molar-refractivity contribution in [3.05, 3.63) is 0 Å². The molecule has 1 fully saturated rings. The zero-order valence-corrected chi connectivity index (χ0v) is 13.2. The number of nitrogens with zero attached hydrogens (tertiary/aromatic N) is 1. The molecule has 1 aliphatic heterocycles. The highest BCUT2D eigenvalue weighted by Gasteiger charge is 2.22. The molecule has 18 heavy (non-hydrogen) atoms. The molecule has 2 unspecified atom stereocenters. The third-order valence-electron chi connectivity index (χ3n) is 4.61. The van der Waals surface area contributed by atoms with Crippen LogP contribution in [0.3, 0.4) is 0 Å². The fraction of sp³-hybridized carbons (Fsp3) is 1.00. The Morgan fingerprint density at radius 3 is 2.11 bits per heavy atom. The monoisotopic (exact) mass is 254 g/mol. The van der Waals surface area contributed by atoms with E-state index < -0.39 is 0 Å². The smallest absolute Gasteiger partial charge is 0.00940 e. The van der Waals surface area contributed by atoms with Gasteiger partial charge in [0.15, 0.2) is 0 Å². The maximum absolute atomic E-state index is 3.90. The first-order valence-electron chi connectivity index (χ1n) is 8.06. The molecule has 0 aliphatic carbocycles. The van der Waals surface area contributed by atoms with Crippen molar-refractivity contribution >= 4 is 0 Å². The summed E-state index contributed by atoms with van der Waals surface area (Å²) >= 11 is 0. The molecule has 0 aromatic heterocycles. The first-order valence-corrected chi connectivity index (χ1v) is 8.06. The standard InChI is InChI=1S/C16H34N2/c1-6-14(5)12-15(7-2)17-16-8-10-18(11-9-16)13(3)4/h13-17H,6-12H2,1-5H3. The number of rotatable bonds is 7. The molecule has 0 radical (unpaired) electrons. The largest absolute Gasteiger partial charge is 0.311 e. The van der Waals surface area contributed by atoms with Crippen LogP contribution in [0.4, 0.5) is 0 Å². The summed E-state index contributed by atoms with van der Waals surface area (Å²) < 4.78 is 0. The highest BCUT2D eigenvalue weighted by atomic mass is 15.2. The quantitative estimate of drug-likeness (QED) is 0.746. The van der Waals surface area contributed by atoms with E-state index >= 15 is 0 Å². The van der Waals surface area contributed by atoms with Crippen LogP contribution < -0.4 is 5.32 Å². The zero-order chi connectivity index (χ0) is 13.5. The summed E-state index contributed by atoms with van der Waals surface area (Å²) in [6.45, 7) is 14.2. The van der Waals surface area contributed by atoms with Crippen molar-refractivity contribution in [3.63, 3.8) is 0 Å². The van der Waals surface area contributed by atoms with Crippen molar-refractivity contribution in [1.82, 2.24) is 10.2 Å². The lowest BCUT2D eigenvalue weighted by Crippen LogP contribution is -2.48. The summed E-state index contributed by atoms with van der Waals surface area (Å²) in [5, 5.41) is 3.90. The van der Waals surface area contributed by atoms with Gasteiger partial charge in [-0.3, -0.25) is 0 Å². The topological polar surface area (TPSA) is 15.3 Å². The number of hydrogen-bond donors (Lipinski definition) is 1. The minimum absolute atomic E-state index is 0.716. The first-order chi connectivity index (χ1) is 8.56. The van der Waals surface area contributed by atoms with Gasteiger partial charge < -0.3 is 10.2 Å². The molecule has 0 amide bonds. The van der Waals surface area contributed by atoms with E-state index in [1.807, 2.05) is 0 Å². The third kappa shape index (κ3) is 5.27. The van der Waals surface area contributed by atoms with E-state index in [4.69, 9.17) is 0 Å². The van der Waals surface area contributed by atoms with E-state index in [1.165, 1.54) is 45.2 Å². The Hall–Kier alpha value is -0.0800. The maximum atomic E-state index is 3.90. The van der Waals surface area contributed by atoms with Gasteiger partial charge in [0.2, 0.25) is 0 Å². The van der Waals surface area contributed by atoms with Crippen LogP contribution in [0.15, 0.2) is 0 Å². The van der Waals surface area contributed by atoms with Crippen LogP contribution in [0, 0.1) is 5.92 Å².